The Kier molecular flexibility index (Phi) is 5.45. The van der Waals surface area contributed by atoms with E-state index in [-0.39, 0.29) is 11.7 Å². The fraction of sp³-hybridized carbons (Fsp3) is 0.435. The largest absolute Gasteiger partial charge is 0.443 e. The molecule has 2 aromatic heterocycles. The predicted molar refractivity (Wildman–Crippen MR) is 111 cm³/mol. The summed E-state index contributed by atoms with van der Waals surface area (Å²) >= 11 is 0. The van der Waals surface area contributed by atoms with E-state index in [4.69, 9.17) is 4.42 Å². The van der Waals surface area contributed by atoms with Gasteiger partial charge in [-0.1, -0.05) is 25.5 Å². The van der Waals surface area contributed by atoms with Crippen molar-refractivity contribution in [2.24, 2.45) is 7.05 Å². The van der Waals surface area contributed by atoms with Crippen molar-refractivity contribution in [2.45, 2.75) is 51.5 Å². The summed E-state index contributed by atoms with van der Waals surface area (Å²) in [7, 11) is 1.81. The number of carbonyl (C=O) groups excluding carboxylic acids is 1. The summed E-state index contributed by atoms with van der Waals surface area (Å²) in [6.07, 6.45) is 5.62. The van der Waals surface area contributed by atoms with Crippen molar-refractivity contribution in [2.75, 3.05) is 6.54 Å². The number of likely N-dealkylation sites (tertiary alicyclic amines) is 1. The first-order chi connectivity index (χ1) is 14.4. The van der Waals surface area contributed by atoms with Gasteiger partial charge in [-0.15, -0.1) is 0 Å². The maximum absolute atomic E-state index is 13.5. The van der Waals surface area contributed by atoms with Crippen LogP contribution in [-0.4, -0.2) is 32.1 Å². The van der Waals surface area contributed by atoms with Crippen LogP contribution < -0.4 is 0 Å². The molecule has 0 bridgehead atoms. The molecule has 1 aliphatic rings. The highest BCUT2D eigenvalue weighted by Crippen LogP contribution is 2.39. The molecule has 1 fully saturated rings. The van der Waals surface area contributed by atoms with Crippen LogP contribution in [0.4, 0.5) is 4.39 Å². The third-order valence-electron chi connectivity index (χ3n) is 5.82. The number of hydrogen-bond donors (Lipinski definition) is 0. The molecule has 0 aliphatic carbocycles. The molecule has 1 saturated heterocycles. The topological polar surface area (TPSA) is 64.2 Å². The van der Waals surface area contributed by atoms with E-state index in [0.29, 0.717) is 30.3 Å². The first kappa shape index (κ1) is 20.3. The molecule has 1 aliphatic heterocycles. The average molecular weight is 410 g/mol. The molecule has 0 N–H and O–H groups in total. The summed E-state index contributed by atoms with van der Waals surface area (Å²) in [5.74, 6) is 0.847. The third kappa shape index (κ3) is 3.76. The quantitative estimate of drug-likeness (QED) is 0.610. The fourth-order valence-corrected chi connectivity index (χ4v) is 4.24. The van der Waals surface area contributed by atoms with Crippen LogP contribution in [0.2, 0.25) is 0 Å². The van der Waals surface area contributed by atoms with Crippen LogP contribution in [0.25, 0.3) is 0 Å². The van der Waals surface area contributed by atoms with E-state index in [2.05, 4.69) is 17.0 Å². The van der Waals surface area contributed by atoms with Gasteiger partial charge >= 0.3 is 0 Å². The Bertz CT molecular complexity index is 1060. The highest BCUT2D eigenvalue weighted by molar-refractivity contribution is 5.93. The predicted octanol–water partition coefficient (Wildman–Crippen LogP) is 4.24. The number of rotatable bonds is 6. The van der Waals surface area contributed by atoms with Crippen LogP contribution in [0.3, 0.4) is 0 Å². The molecule has 1 amide bonds. The lowest BCUT2D eigenvalue weighted by atomic mass is 9.98. The average Bonchev–Trinajstić information content (AvgIpc) is 3.41. The van der Waals surface area contributed by atoms with Crippen molar-refractivity contribution in [1.29, 1.82) is 0 Å². The monoisotopic (exact) mass is 410 g/mol. The second-order valence-electron chi connectivity index (χ2n) is 8.17. The highest BCUT2D eigenvalue weighted by Gasteiger charge is 2.45. The van der Waals surface area contributed by atoms with Crippen LogP contribution in [0, 0.1) is 5.82 Å². The summed E-state index contributed by atoms with van der Waals surface area (Å²) in [4.78, 5) is 19.7. The number of carbonyl (C=O) groups is 1. The maximum Gasteiger partial charge on any atom is 0.273 e. The van der Waals surface area contributed by atoms with E-state index in [1.54, 1.807) is 16.9 Å². The first-order valence-electron chi connectivity index (χ1n) is 10.4. The Hall–Kier alpha value is -2.96. The van der Waals surface area contributed by atoms with Crippen molar-refractivity contribution >= 4 is 5.91 Å². The normalized spacial score (nSPS) is 18.9. The first-order valence-corrected chi connectivity index (χ1v) is 10.4. The number of hydrogen-bond acceptors (Lipinski definition) is 4. The lowest BCUT2D eigenvalue weighted by Crippen LogP contribution is -2.43. The zero-order valence-electron chi connectivity index (χ0n) is 17.7. The maximum atomic E-state index is 13.5. The molecule has 30 heavy (non-hydrogen) atoms. The summed E-state index contributed by atoms with van der Waals surface area (Å²) in [6.45, 7) is 4.74. The number of halogens is 1. The molecular weight excluding hydrogens is 383 g/mol. The smallest absolute Gasteiger partial charge is 0.273 e. The number of oxazole rings is 1. The van der Waals surface area contributed by atoms with Crippen LogP contribution in [0.1, 0.15) is 66.5 Å². The molecule has 6 nitrogen and oxygen atoms in total. The summed E-state index contributed by atoms with van der Waals surface area (Å²) in [5.41, 5.74) is 1.71. The van der Waals surface area contributed by atoms with Crippen molar-refractivity contribution < 1.29 is 13.6 Å². The number of aromatic nitrogens is 3. The molecule has 0 spiro atoms. The van der Waals surface area contributed by atoms with Gasteiger partial charge in [0.05, 0.1) is 11.9 Å². The summed E-state index contributed by atoms with van der Waals surface area (Å²) < 4.78 is 21.2. The van der Waals surface area contributed by atoms with Gasteiger partial charge in [0.25, 0.3) is 5.91 Å². The Morgan fingerprint density at radius 2 is 2.17 bits per heavy atom. The zero-order valence-corrected chi connectivity index (χ0v) is 17.7. The molecule has 158 valence electrons. The van der Waals surface area contributed by atoms with E-state index < -0.39 is 5.54 Å². The number of nitrogens with zero attached hydrogens (tertiary/aromatic N) is 4. The van der Waals surface area contributed by atoms with Crippen molar-refractivity contribution in [3.63, 3.8) is 0 Å². The molecule has 1 atom stereocenters. The Morgan fingerprint density at radius 1 is 1.33 bits per heavy atom. The summed E-state index contributed by atoms with van der Waals surface area (Å²) in [5, 5.41) is 4.47. The van der Waals surface area contributed by atoms with Gasteiger partial charge in [-0.05, 0) is 49.9 Å². The molecule has 1 unspecified atom stereocenters. The highest BCUT2D eigenvalue weighted by atomic mass is 19.1. The lowest BCUT2D eigenvalue weighted by Gasteiger charge is -2.32. The molecule has 3 aromatic rings. The van der Waals surface area contributed by atoms with Gasteiger partial charge in [-0.2, -0.15) is 5.10 Å². The van der Waals surface area contributed by atoms with E-state index in [1.807, 2.05) is 31.0 Å². The van der Waals surface area contributed by atoms with E-state index >= 15 is 0 Å². The van der Waals surface area contributed by atoms with Gasteiger partial charge in [0, 0.05) is 20.0 Å². The minimum Gasteiger partial charge on any atom is -0.443 e. The number of amides is 1. The number of aryl methyl sites for hydroxylation is 2. The van der Waals surface area contributed by atoms with Crippen LogP contribution in [0.5, 0.6) is 0 Å². The summed E-state index contributed by atoms with van der Waals surface area (Å²) in [6, 6.07) is 8.33. The Labute approximate surface area is 175 Å². The molecule has 0 saturated carbocycles. The molecule has 4 rings (SSSR count). The Morgan fingerprint density at radius 3 is 2.93 bits per heavy atom. The van der Waals surface area contributed by atoms with E-state index in [9.17, 15) is 9.18 Å². The van der Waals surface area contributed by atoms with Gasteiger partial charge in [-0.3, -0.25) is 9.48 Å². The fourth-order valence-electron chi connectivity index (χ4n) is 4.24. The van der Waals surface area contributed by atoms with Gasteiger partial charge in [0.15, 0.2) is 0 Å². The van der Waals surface area contributed by atoms with Crippen LogP contribution in [-0.2, 0) is 25.4 Å². The molecular formula is C23H27FN4O2. The van der Waals surface area contributed by atoms with Crippen molar-refractivity contribution in [1.82, 2.24) is 19.7 Å². The third-order valence-corrected chi connectivity index (χ3v) is 5.82. The minimum absolute atomic E-state index is 0.0581. The molecule has 1 aromatic carbocycles. The van der Waals surface area contributed by atoms with Crippen molar-refractivity contribution in [3.05, 3.63) is 70.9 Å². The van der Waals surface area contributed by atoms with Gasteiger partial charge in [-0.25, -0.2) is 9.37 Å². The Balaban J connectivity index is 1.57. The van der Waals surface area contributed by atoms with E-state index in [0.717, 1.165) is 36.9 Å². The van der Waals surface area contributed by atoms with Crippen molar-refractivity contribution in [3.8, 4) is 0 Å². The van der Waals surface area contributed by atoms with Crippen LogP contribution in [0.15, 0.2) is 40.9 Å². The van der Waals surface area contributed by atoms with Crippen LogP contribution >= 0.6 is 0 Å². The van der Waals surface area contributed by atoms with Gasteiger partial charge in [0.1, 0.15) is 22.8 Å². The lowest BCUT2D eigenvalue weighted by molar-refractivity contribution is 0.0552. The van der Waals surface area contributed by atoms with Gasteiger partial charge < -0.3 is 9.32 Å². The molecule has 3 heterocycles. The molecule has 0 radical (unpaired) electrons. The zero-order chi connectivity index (χ0) is 21.3. The standard InChI is InChI=1S/C23H27FN4O2/c1-4-7-18-14-20(27(3)26-18)21(29)28-11-6-10-23(28,2)22-25-15-19(30-22)13-16-8-5-9-17(24)12-16/h5,8-9,12,14-15H,4,6-7,10-11,13H2,1-3H3. The second-order valence-corrected chi connectivity index (χ2v) is 8.17. The second kappa shape index (κ2) is 8.05. The van der Waals surface area contributed by atoms with Gasteiger partial charge in [0.2, 0.25) is 5.89 Å². The number of benzene rings is 1. The minimum atomic E-state index is -0.619. The molecule has 7 heteroatoms. The van der Waals surface area contributed by atoms with E-state index in [1.165, 1.54) is 12.1 Å². The SMILES string of the molecule is CCCc1cc(C(=O)N2CCCC2(C)c2ncc(Cc3cccc(F)c3)o2)n(C)n1.